The Morgan fingerprint density at radius 3 is 2.64 bits per heavy atom. The molecule has 4 aliphatic rings. The SMILES string of the molecule is Cn1c([C@H]2CCCN2CCN2C(=O)NC3(CCCC3)C2=O)nc2c1CCCC2. The second-order valence-electron chi connectivity index (χ2n) is 9.00. The van der Waals surface area contributed by atoms with Crippen LogP contribution in [0, 0.1) is 0 Å². The second-order valence-corrected chi connectivity index (χ2v) is 9.00. The molecule has 2 aliphatic heterocycles. The molecule has 3 heterocycles. The van der Waals surface area contributed by atoms with E-state index in [0.29, 0.717) is 12.6 Å². The van der Waals surface area contributed by atoms with Crippen molar-refractivity contribution in [3.8, 4) is 0 Å². The minimum absolute atomic E-state index is 0.00166. The highest BCUT2D eigenvalue weighted by molar-refractivity contribution is 6.07. The molecule has 2 aliphatic carbocycles. The number of urea groups is 1. The van der Waals surface area contributed by atoms with Crippen LogP contribution >= 0.6 is 0 Å². The average molecular weight is 386 g/mol. The summed E-state index contributed by atoms with van der Waals surface area (Å²) in [5.41, 5.74) is 2.10. The van der Waals surface area contributed by atoms with Crippen molar-refractivity contribution in [1.82, 2.24) is 24.7 Å². The first kappa shape index (κ1) is 18.2. The predicted octanol–water partition coefficient (Wildman–Crippen LogP) is 2.30. The number of aromatic nitrogens is 2. The Hall–Kier alpha value is -1.89. The number of nitrogens with one attached hydrogen (secondary N) is 1. The number of aryl methyl sites for hydroxylation is 1. The van der Waals surface area contributed by atoms with Gasteiger partial charge in [0, 0.05) is 25.8 Å². The van der Waals surface area contributed by atoms with E-state index >= 15 is 0 Å². The van der Waals surface area contributed by atoms with Crippen LogP contribution in [0.2, 0.25) is 0 Å². The van der Waals surface area contributed by atoms with Crippen LogP contribution in [0.3, 0.4) is 0 Å². The smallest absolute Gasteiger partial charge is 0.325 e. The molecule has 28 heavy (non-hydrogen) atoms. The Morgan fingerprint density at radius 2 is 1.86 bits per heavy atom. The molecule has 0 aromatic carbocycles. The molecule has 1 atom stereocenters. The van der Waals surface area contributed by atoms with Crippen LogP contribution in [0.5, 0.6) is 0 Å². The quantitative estimate of drug-likeness (QED) is 0.808. The summed E-state index contributed by atoms with van der Waals surface area (Å²) in [6, 6.07) is 0.104. The Bertz CT molecular complexity index is 795. The molecule has 5 rings (SSSR count). The fourth-order valence-electron chi connectivity index (χ4n) is 5.82. The summed E-state index contributed by atoms with van der Waals surface area (Å²) < 4.78 is 2.32. The van der Waals surface area contributed by atoms with Gasteiger partial charge in [0.25, 0.3) is 5.91 Å². The number of likely N-dealkylation sites (tertiary alicyclic amines) is 1. The monoisotopic (exact) mass is 385 g/mol. The Balaban J connectivity index is 1.29. The maximum absolute atomic E-state index is 12.9. The molecule has 0 radical (unpaired) electrons. The second kappa shape index (κ2) is 6.87. The highest BCUT2D eigenvalue weighted by atomic mass is 16.2. The highest BCUT2D eigenvalue weighted by Crippen LogP contribution is 2.36. The zero-order valence-corrected chi connectivity index (χ0v) is 16.9. The summed E-state index contributed by atoms with van der Waals surface area (Å²) in [5, 5.41) is 2.99. The molecular formula is C21H31N5O2. The predicted molar refractivity (Wildman–Crippen MR) is 105 cm³/mol. The van der Waals surface area contributed by atoms with E-state index in [1.807, 2.05) is 0 Å². The van der Waals surface area contributed by atoms with Gasteiger partial charge in [0.05, 0.1) is 11.7 Å². The van der Waals surface area contributed by atoms with Gasteiger partial charge in [0.2, 0.25) is 0 Å². The number of nitrogens with zero attached hydrogens (tertiary/aromatic N) is 4. The van der Waals surface area contributed by atoms with Crippen LogP contribution < -0.4 is 5.32 Å². The molecule has 1 N–H and O–H groups in total. The fourth-order valence-corrected chi connectivity index (χ4v) is 5.82. The number of imide groups is 1. The molecule has 1 aromatic rings. The molecule has 152 valence electrons. The van der Waals surface area contributed by atoms with Crippen molar-refractivity contribution in [1.29, 1.82) is 0 Å². The third-order valence-corrected chi connectivity index (χ3v) is 7.38. The lowest BCUT2D eigenvalue weighted by atomic mass is 9.98. The average Bonchev–Trinajstić information content (AvgIpc) is 3.45. The van der Waals surface area contributed by atoms with E-state index < -0.39 is 5.54 Å². The maximum atomic E-state index is 12.9. The third-order valence-electron chi connectivity index (χ3n) is 7.38. The number of rotatable bonds is 4. The number of fused-ring (bicyclic) bond motifs is 1. The third kappa shape index (κ3) is 2.78. The van der Waals surface area contributed by atoms with Crippen molar-refractivity contribution < 1.29 is 9.59 Å². The first-order chi connectivity index (χ1) is 13.6. The molecule has 1 aromatic heterocycles. The number of carbonyl (C=O) groups is 2. The van der Waals surface area contributed by atoms with Crippen LogP contribution in [0.4, 0.5) is 4.79 Å². The topological polar surface area (TPSA) is 70.5 Å². The zero-order chi connectivity index (χ0) is 19.3. The molecule has 7 heteroatoms. The van der Waals surface area contributed by atoms with E-state index in [9.17, 15) is 9.59 Å². The van der Waals surface area contributed by atoms with Gasteiger partial charge >= 0.3 is 6.03 Å². The van der Waals surface area contributed by atoms with Crippen molar-refractivity contribution in [2.45, 2.75) is 75.8 Å². The van der Waals surface area contributed by atoms with E-state index in [4.69, 9.17) is 4.98 Å². The summed E-state index contributed by atoms with van der Waals surface area (Å²) in [6.07, 6.45) is 10.6. The van der Waals surface area contributed by atoms with Crippen LogP contribution in [0.1, 0.15) is 74.6 Å². The number of hydrogen-bond donors (Lipinski definition) is 1. The van der Waals surface area contributed by atoms with Crippen LogP contribution in [0.25, 0.3) is 0 Å². The number of amides is 3. The Kier molecular flexibility index (Phi) is 4.45. The molecule has 3 fully saturated rings. The van der Waals surface area contributed by atoms with Crippen molar-refractivity contribution in [3.63, 3.8) is 0 Å². The van der Waals surface area contributed by atoms with Crippen molar-refractivity contribution >= 4 is 11.9 Å². The molecule has 3 amide bonds. The molecule has 2 saturated heterocycles. The van der Waals surface area contributed by atoms with Crippen LogP contribution in [-0.2, 0) is 24.7 Å². The summed E-state index contributed by atoms with van der Waals surface area (Å²) in [4.78, 5) is 34.2. The Labute approximate surface area is 166 Å². The van der Waals surface area contributed by atoms with Gasteiger partial charge in [0.15, 0.2) is 0 Å². The van der Waals surface area contributed by atoms with Crippen LogP contribution in [0.15, 0.2) is 0 Å². The normalized spacial score (nSPS) is 27.0. The van der Waals surface area contributed by atoms with Gasteiger partial charge in [-0.15, -0.1) is 0 Å². The molecule has 1 saturated carbocycles. The van der Waals surface area contributed by atoms with Gasteiger partial charge in [-0.1, -0.05) is 12.8 Å². The van der Waals surface area contributed by atoms with Gasteiger partial charge in [-0.25, -0.2) is 9.78 Å². The first-order valence-corrected chi connectivity index (χ1v) is 11.0. The Morgan fingerprint density at radius 1 is 1.07 bits per heavy atom. The van der Waals surface area contributed by atoms with Gasteiger partial charge in [0.1, 0.15) is 11.4 Å². The maximum Gasteiger partial charge on any atom is 0.325 e. The number of imidazole rings is 1. The standard InChI is InChI=1S/C21H31N5O2/c1-24-16-8-3-2-7-15(16)22-18(24)17-9-6-12-25(17)13-14-26-19(27)21(23-20(26)28)10-4-5-11-21/h17H,2-14H2,1H3,(H,23,28)/t17-/m1/s1. The fraction of sp³-hybridized carbons (Fsp3) is 0.762. The molecule has 7 nitrogen and oxygen atoms in total. The van der Waals surface area contributed by atoms with Gasteiger partial charge in [-0.2, -0.15) is 0 Å². The first-order valence-electron chi connectivity index (χ1n) is 11.0. The minimum atomic E-state index is -0.597. The van der Waals surface area contributed by atoms with E-state index in [1.165, 1.54) is 35.0 Å². The minimum Gasteiger partial charge on any atom is -0.334 e. The molecule has 0 bridgehead atoms. The van der Waals surface area contributed by atoms with E-state index in [2.05, 4.69) is 21.8 Å². The molecular weight excluding hydrogens is 354 g/mol. The van der Waals surface area contributed by atoms with Gasteiger partial charge in [-0.3, -0.25) is 14.6 Å². The van der Waals surface area contributed by atoms with Gasteiger partial charge < -0.3 is 9.88 Å². The summed E-state index contributed by atoms with van der Waals surface area (Å²) >= 11 is 0. The van der Waals surface area contributed by atoms with Crippen LogP contribution in [-0.4, -0.2) is 56.5 Å². The van der Waals surface area contributed by atoms with E-state index in [-0.39, 0.29) is 11.9 Å². The van der Waals surface area contributed by atoms with Crippen molar-refractivity contribution in [3.05, 3.63) is 17.2 Å². The van der Waals surface area contributed by atoms with E-state index in [0.717, 1.165) is 64.5 Å². The lowest BCUT2D eigenvalue weighted by molar-refractivity contribution is -0.131. The number of hydrogen-bond acceptors (Lipinski definition) is 4. The largest absolute Gasteiger partial charge is 0.334 e. The summed E-state index contributed by atoms with van der Waals surface area (Å²) in [7, 11) is 2.16. The summed E-state index contributed by atoms with van der Waals surface area (Å²) in [5.74, 6) is 1.17. The number of carbonyl (C=O) groups excluding carboxylic acids is 2. The van der Waals surface area contributed by atoms with E-state index in [1.54, 1.807) is 0 Å². The lowest BCUT2D eigenvalue weighted by Crippen LogP contribution is -2.44. The zero-order valence-electron chi connectivity index (χ0n) is 16.9. The highest BCUT2D eigenvalue weighted by Gasteiger charge is 2.52. The summed E-state index contributed by atoms with van der Waals surface area (Å²) in [6.45, 7) is 2.22. The molecule has 0 unspecified atom stereocenters. The lowest BCUT2D eigenvalue weighted by Gasteiger charge is -2.26. The molecule has 1 spiro atoms. The van der Waals surface area contributed by atoms with Gasteiger partial charge in [-0.05, 0) is 57.9 Å². The van der Waals surface area contributed by atoms with Crippen molar-refractivity contribution in [2.75, 3.05) is 19.6 Å². The van der Waals surface area contributed by atoms with Crippen molar-refractivity contribution in [2.24, 2.45) is 7.05 Å².